The SMILES string of the molecule is C[CH2][Ge]([CH2]C)([CH2]C)[c]1ccnc(-c2cccc(N(c3cccc(-c4c[c]([Ge]([CH2]C)([CH2]C)[CH2]C)ccn4)c3)c3c(C)cc(C)cc3C)c2)c1. The van der Waals surface area contributed by atoms with Crippen LogP contribution in [0.1, 0.15) is 58.2 Å². The van der Waals surface area contributed by atoms with E-state index in [2.05, 4.69) is 152 Å². The fourth-order valence-electron chi connectivity index (χ4n) is 8.10. The van der Waals surface area contributed by atoms with E-state index >= 15 is 0 Å². The molecule has 0 fully saturated rings. The molecule has 250 valence electrons. The van der Waals surface area contributed by atoms with Gasteiger partial charge in [-0.1, -0.05) is 0 Å². The van der Waals surface area contributed by atoms with E-state index in [9.17, 15) is 0 Å². The average molecular weight is 759 g/mol. The third-order valence-electron chi connectivity index (χ3n) is 11.5. The Bertz CT molecular complexity index is 1710. The zero-order chi connectivity index (χ0) is 34.5. The van der Waals surface area contributed by atoms with E-state index in [-0.39, 0.29) is 0 Å². The molecule has 5 heteroatoms. The van der Waals surface area contributed by atoms with Gasteiger partial charge in [0, 0.05) is 0 Å². The first-order chi connectivity index (χ1) is 23.2. The minimum absolute atomic E-state index is 1.07. The van der Waals surface area contributed by atoms with Crippen LogP contribution in [-0.4, -0.2) is 36.5 Å². The second-order valence-corrected chi connectivity index (χ2v) is 35.8. The number of aromatic nitrogens is 2. The summed E-state index contributed by atoms with van der Waals surface area (Å²) in [7, 11) is 0. The molecule has 0 N–H and O–H groups in total. The van der Waals surface area contributed by atoms with Gasteiger partial charge < -0.3 is 0 Å². The maximum absolute atomic E-state index is 4.93. The van der Waals surface area contributed by atoms with Crippen LogP contribution in [0.15, 0.2) is 97.3 Å². The van der Waals surface area contributed by atoms with E-state index in [4.69, 9.17) is 9.97 Å². The molecule has 2 aromatic heterocycles. The van der Waals surface area contributed by atoms with Gasteiger partial charge in [0.05, 0.1) is 0 Å². The molecule has 0 spiro atoms. The minimum atomic E-state index is -2.13. The van der Waals surface area contributed by atoms with Crippen LogP contribution in [0.4, 0.5) is 17.1 Å². The van der Waals surface area contributed by atoms with Gasteiger partial charge in [-0.3, -0.25) is 0 Å². The standard InChI is InChI=1S/C43H55Ge2N3/c1-10-44(11-2,12-3)37-22-24-46-41(30-37)35-18-16-20-39(28-35)48(43-33(8)26-32(7)27-34(43)9)40-21-17-19-36(29-40)42-31-38(23-25-47-42)45(13-4,14-5)15-6/h16-31H,10-15H2,1-9H3. The molecule has 5 aromatic rings. The number of anilines is 3. The molecule has 3 aromatic carbocycles. The summed E-state index contributed by atoms with van der Waals surface area (Å²) < 4.78 is 3.15. The molecule has 2 heterocycles. The molecule has 0 aliphatic rings. The third-order valence-corrected chi connectivity index (χ3v) is 34.9. The van der Waals surface area contributed by atoms with E-state index in [1.165, 1.54) is 53.9 Å². The van der Waals surface area contributed by atoms with E-state index < -0.39 is 26.5 Å². The summed E-state index contributed by atoms with van der Waals surface area (Å²) in [6.07, 6.45) is 4.09. The molecule has 0 aliphatic heterocycles. The quantitative estimate of drug-likeness (QED) is 0.112. The predicted octanol–water partition coefficient (Wildman–Crippen LogP) is 11.6. The van der Waals surface area contributed by atoms with Gasteiger partial charge in [0.15, 0.2) is 0 Å². The molecule has 0 radical (unpaired) electrons. The molecule has 5 rings (SSSR count). The summed E-state index contributed by atoms with van der Waals surface area (Å²) >= 11 is -4.27. The second kappa shape index (κ2) is 15.6. The number of aryl methyl sites for hydroxylation is 3. The number of pyridine rings is 2. The van der Waals surface area contributed by atoms with Crippen molar-refractivity contribution in [3.8, 4) is 22.5 Å². The van der Waals surface area contributed by atoms with Crippen LogP contribution < -0.4 is 13.7 Å². The number of benzene rings is 3. The summed E-state index contributed by atoms with van der Waals surface area (Å²) in [5.74, 6) is 0. The maximum atomic E-state index is 4.93. The van der Waals surface area contributed by atoms with Gasteiger partial charge in [0.1, 0.15) is 0 Å². The van der Waals surface area contributed by atoms with Crippen molar-refractivity contribution in [1.82, 2.24) is 9.97 Å². The topological polar surface area (TPSA) is 29.0 Å². The van der Waals surface area contributed by atoms with Crippen LogP contribution in [0.3, 0.4) is 0 Å². The van der Waals surface area contributed by atoms with Crippen molar-refractivity contribution in [2.24, 2.45) is 0 Å². The Kier molecular flexibility index (Phi) is 11.7. The Morgan fingerprint density at radius 1 is 0.500 bits per heavy atom. The number of hydrogen-bond acceptors (Lipinski definition) is 3. The van der Waals surface area contributed by atoms with Crippen molar-refractivity contribution in [3.05, 3.63) is 114 Å². The fourth-order valence-corrected chi connectivity index (χ4v) is 23.2. The van der Waals surface area contributed by atoms with Gasteiger partial charge in [0.2, 0.25) is 0 Å². The first kappa shape index (κ1) is 36.1. The first-order valence-corrected chi connectivity index (χ1v) is 29.2. The number of nitrogens with zero attached hydrogens (tertiary/aromatic N) is 3. The zero-order valence-corrected chi connectivity index (χ0v) is 35.0. The van der Waals surface area contributed by atoms with Crippen LogP contribution in [0.5, 0.6) is 0 Å². The summed E-state index contributed by atoms with van der Waals surface area (Å²) in [5.41, 5.74) is 11.8. The molecule has 0 atom stereocenters. The molecule has 0 saturated carbocycles. The van der Waals surface area contributed by atoms with Gasteiger partial charge in [0.25, 0.3) is 0 Å². The van der Waals surface area contributed by atoms with Crippen LogP contribution in [0.2, 0.25) is 31.5 Å². The van der Waals surface area contributed by atoms with Crippen molar-refractivity contribution < 1.29 is 0 Å². The monoisotopic (exact) mass is 761 g/mol. The normalized spacial score (nSPS) is 11.9. The van der Waals surface area contributed by atoms with Crippen LogP contribution in [0.25, 0.3) is 22.5 Å². The van der Waals surface area contributed by atoms with E-state index in [0.717, 1.165) is 33.9 Å². The van der Waals surface area contributed by atoms with Crippen molar-refractivity contribution in [2.45, 2.75) is 93.8 Å². The van der Waals surface area contributed by atoms with Crippen LogP contribution in [-0.2, 0) is 0 Å². The Hall–Kier alpha value is -3.15. The summed E-state index contributed by atoms with van der Waals surface area (Å²) in [4.78, 5) is 12.3. The van der Waals surface area contributed by atoms with Crippen molar-refractivity contribution >= 4 is 52.4 Å². The summed E-state index contributed by atoms with van der Waals surface area (Å²) in [5, 5.41) is 7.85. The molecule has 0 saturated heterocycles. The fraction of sp³-hybridized carbons (Fsp3) is 0.349. The molecule has 0 bridgehead atoms. The van der Waals surface area contributed by atoms with Gasteiger partial charge in [-0.15, -0.1) is 0 Å². The number of hydrogen-bond donors (Lipinski definition) is 0. The molecule has 48 heavy (non-hydrogen) atoms. The average Bonchev–Trinajstić information content (AvgIpc) is 3.12. The third kappa shape index (κ3) is 7.09. The van der Waals surface area contributed by atoms with Crippen LogP contribution >= 0.6 is 0 Å². The van der Waals surface area contributed by atoms with Crippen LogP contribution in [0, 0.1) is 20.8 Å². The summed E-state index contributed by atoms with van der Waals surface area (Å²) in [6.45, 7) is 21.1. The van der Waals surface area contributed by atoms with E-state index in [1.807, 2.05) is 12.4 Å². The molecule has 0 aliphatic carbocycles. The Morgan fingerprint density at radius 3 is 1.27 bits per heavy atom. The Labute approximate surface area is 296 Å². The number of rotatable bonds is 13. The molecule has 3 nitrogen and oxygen atoms in total. The molecular formula is C43H55Ge2N3. The first-order valence-electron chi connectivity index (χ1n) is 18.2. The molecular weight excluding hydrogens is 704 g/mol. The van der Waals surface area contributed by atoms with Crippen molar-refractivity contribution in [2.75, 3.05) is 4.90 Å². The van der Waals surface area contributed by atoms with Gasteiger partial charge in [-0.2, -0.15) is 0 Å². The van der Waals surface area contributed by atoms with Gasteiger partial charge >= 0.3 is 298 Å². The molecule has 0 amide bonds. The summed E-state index contributed by atoms with van der Waals surface area (Å²) in [6, 6.07) is 32.0. The van der Waals surface area contributed by atoms with Crippen molar-refractivity contribution in [3.63, 3.8) is 0 Å². The Balaban J connectivity index is 1.66. The van der Waals surface area contributed by atoms with Gasteiger partial charge in [-0.05, 0) is 0 Å². The van der Waals surface area contributed by atoms with Crippen molar-refractivity contribution in [1.29, 1.82) is 0 Å². The Morgan fingerprint density at radius 2 is 0.896 bits per heavy atom. The van der Waals surface area contributed by atoms with Gasteiger partial charge in [-0.25, -0.2) is 0 Å². The second-order valence-electron chi connectivity index (χ2n) is 13.7. The molecule has 0 unspecified atom stereocenters. The van der Waals surface area contributed by atoms with E-state index in [0.29, 0.717) is 0 Å². The van der Waals surface area contributed by atoms with E-state index in [1.54, 1.807) is 8.79 Å². The zero-order valence-electron chi connectivity index (χ0n) is 30.8. The predicted molar refractivity (Wildman–Crippen MR) is 215 cm³/mol.